The van der Waals surface area contributed by atoms with Crippen LogP contribution in [0.1, 0.15) is 46.0 Å². The molecular formula is C17H32N2O2. The van der Waals surface area contributed by atoms with Gasteiger partial charge in [0.05, 0.1) is 19.3 Å². The fourth-order valence-electron chi connectivity index (χ4n) is 4.28. The van der Waals surface area contributed by atoms with E-state index in [9.17, 15) is 0 Å². The summed E-state index contributed by atoms with van der Waals surface area (Å²) in [6, 6.07) is 1.21. The van der Waals surface area contributed by atoms with E-state index in [1.807, 2.05) is 0 Å². The molecule has 0 aromatic carbocycles. The second-order valence-corrected chi connectivity index (χ2v) is 7.57. The van der Waals surface area contributed by atoms with E-state index in [0.29, 0.717) is 23.6 Å². The maximum absolute atomic E-state index is 5.96. The molecule has 122 valence electrons. The van der Waals surface area contributed by atoms with Crippen molar-refractivity contribution in [1.29, 1.82) is 0 Å². The lowest BCUT2D eigenvalue weighted by Gasteiger charge is -2.46. The summed E-state index contributed by atoms with van der Waals surface area (Å²) in [6.07, 6.45) is 6.91. The molecule has 3 rings (SSSR count). The van der Waals surface area contributed by atoms with Crippen LogP contribution in [0.3, 0.4) is 0 Å². The molecule has 0 aromatic heterocycles. The second-order valence-electron chi connectivity index (χ2n) is 7.57. The summed E-state index contributed by atoms with van der Waals surface area (Å²) in [6.45, 7) is 10.6. The van der Waals surface area contributed by atoms with Crippen LogP contribution >= 0.6 is 0 Å². The van der Waals surface area contributed by atoms with Crippen LogP contribution in [-0.2, 0) is 9.47 Å². The monoisotopic (exact) mass is 296 g/mol. The van der Waals surface area contributed by atoms with Crippen molar-refractivity contribution in [2.75, 3.05) is 39.5 Å². The minimum Gasteiger partial charge on any atom is -0.381 e. The van der Waals surface area contributed by atoms with Crippen LogP contribution in [0.15, 0.2) is 0 Å². The fraction of sp³-hybridized carbons (Fsp3) is 1.00. The van der Waals surface area contributed by atoms with Gasteiger partial charge in [0, 0.05) is 43.7 Å². The van der Waals surface area contributed by atoms with Gasteiger partial charge >= 0.3 is 0 Å². The molecule has 0 spiro atoms. The topological polar surface area (TPSA) is 33.7 Å². The molecule has 3 unspecified atom stereocenters. The standard InChI is InChI=1S/C17H32N2O2/c1-14(2)18-11-17(7-4-9-20-13-17)12-19-8-10-21-16-6-3-5-15(16)19/h14-16,18H,3-13H2,1-2H3. The Kier molecular flexibility index (Phi) is 5.20. The molecule has 0 aromatic rings. The van der Waals surface area contributed by atoms with Crippen LogP contribution in [0.25, 0.3) is 0 Å². The molecule has 0 bridgehead atoms. The van der Waals surface area contributed by atoms with Gasteiger partial charge < -0.3 is 14.8 Å². The van der Waals surface area contributed by atoms with Gasteiger partial charge in [-0.3, -0.25) is 4.90 Å². The molecule has 3 fully saturated rings. The molecule has 2 heterocycles. The number of nitrogens with one attached hydrogen (secondary N) is 1. The van der Waals surface area contributed by atoms with Crippen LogP contribution in [0.5, 0.6) is 0 Å². The van der Waals surface area contributed by atoms with Crippen LogP contribution in [-0.4, -0.2) is 62.5 Å². The Morgan fingerprint density at radius 3 is 2.90 bits per heavy atom. The fourth-order valence-corrected chi connectivity index (χ4v) is 4.28. The molecule has 4 nitrogen and oxygen atoms in total. The summed E-state index contributed by atoms with van der Waals surface area (Å²) < 4.78 is 11.8. The van der Waals surface area contributed by atoms with E-state index < -0.39 is 0 Å². The Morgan fingerprint density at radius 2 is 2.14 bits per heavy atom. The predicted molar refractivity (Wildman–Crippen MR) is 84.6 cm³/mol. The Bertz CT molecular complexity index is 329. The number of nitrogens with zero attached hydrogens (tertiary/aromatic N) is 1. The average Bonchev–Trinajstić information content (AvgIpc) is 2.96. The summed E-state index contributed by atoms with van der Waals surface area (Å²) >= 11 is 0. The minimum absolute atomic E-state index is 0.299. The van der Waals surface area contributed by atoms with Crippen molar-refractivity contribution in [3.63, 3.8) is 0 Å². The molecule has 0 amide bonds. The van der Waals surface area contributed by atoms with Gasteiger partial charge in [-0.2, -0.15) is 0 Å². The first-order chi connectivity index (χ1) is 10.2. The Labute approximate surface area is 129 Å². The summed E-state index contributed by atoms with van der Waals surface area (Å²) in [4.78, 5) is 2.72. The number of fused-ring (bicyclic) bond motifs is 1. The zero-order chi connectivity index (χ0) is 14.7. The normalized spacial score (nSPS) is 37.9. The summed E-state index contributed by atoms with van der Waals surface area (Å²) in [5.41, 5.74) is 0.299. The van der Waals surface area contributed by atoms with Crippen LogP contribution in [0.2, 0.25) is 0 Å². The van der Waals surface area contributed by atoms with Gasteiger partial charge in [-0.15, -0.1) is 0 Å². The largest absolute Gasteiger partial charge is 0.381 e. The molecule has 1 N–H and O–H groups in total. The van der Waals surface area contributed by atoms with Gasteiger partial charge in [0.2, 0.25) is 0 Å². The maximum atomic E-state index is 5.96. The van der Waals surface area contributed by atoms with Crippen molar-refractivity contribution in [3.05, 3.63) is 0 Å². The zero-order valence-electron chi connectivity index (χ0n) is 13.8. The highest BCUT2D eigenvalue weighted by Gasteiger charge is 2.41. The molecule has 0 radical (unpaired) electrons. The van der Waals surface area contributed by atoms with Gasteiger partial charge in [-0.25, -0.2) is 0 Å². The molecule has 2 aliphatic heterocycles. The zero-order valence-corrected chi connectivity index (χ0v) is 13.8. The third kappa shape index (κ3) is 3.79. The number of hydrogen-bond acceptors (Lipinski definition) is 4. The van der Waals surface area contributed by atoms with E-state index in [4.69, 9.17) is 9.47 Å². The highest BCUT2D eigenvalue weighted by molar-refractivity contribution is 4.95. The van der Waals surface area contributed by atoms with Gasteiger partial charge in [-0.05, 0) is 32.1 Å². The predicted octanol–water partition coefficient (Wildman–Crippen LogP) is 2.03. The SMILES string of the molecule is CC(C)NCC1(CN2CCOC3CCCC32)CCCOC1. The molecule has 4 heteroatoms. The third-order valence-corrected chi connectivity index (χ3v) is 5.42. The molecule has 3 aliphatic rings. The van der Waals surface area contributed by atoms with E-state index in [0.717, 1.165) is 32.9 Å². The molecule has 1 saturated carbocycles. The molecule has 2 saturated heterocycles. The van der Waals surface area contributed by atoms with Crippen LogP contribution < -0.4 is 5.32 Å². The first-order valence-electron chi connectivity index (χ1n) is 8.85. The third-order valence-electron chi connectivity index (χ3n) is 5.42. The van der Waals surface area contributed by atoms with Crippen LogP contribution in [0.4, 0.5) is 0 Å². The molecular weight excluding hydrogens is 264 g/mol. The molecule has 21 heavy (non-hydrogen) atoms. The molecule has 1 aliphatic carbocycles. The van der Waals surface area contributed by atoms with Crippen molar-refractivity contribution < 1.29 is 9.47 Å². The first kappa shape index (κ1) is 15.7. The first-order valence-corrected chi connectivity index (χ1v) is 8.85. The molecule has 3 atom stereocenters. The summed E-state index contributed by atoms with van der Waals surface area (Å²) in [7, 11) is 0. The van der Waals surface area contributed by atoms with Gasteiger partial charge in [0.15, 0.2) is 0 Å². The number of ether oxygens (including phenoxy) is 2. The van der Waals surface area contributed by atoms with E-state index in [1.54, 1.807) is 0 Å². The lowest BCUT2D eigenvalue weighted by Crippen LogP contribution is -2.56. The summed E-state index contributed by atoms with van der Waals surface area (Å²) in [5.74, 6) is 0. The van der Waals surface area contributed by atoms with E-state index in [1.165, 1.54) is 38.6 Å². The van der Waals surface area contributed by atoms with Crippen molar-refractivity contribution in [2.45, 2.75) is 64.1 Å². The quantitative estimate of drug-likeness (QED) is 0.842. The van der Waals surface area contributed by atoms with Crippen molar-refractivity contribution in [2.24, 2.45) is 5.41 Å². The van der Waals surface area contributed by atoms with Crippen molar-refractivity contribution in [1.82, 2.24) is 10.2 Å². The lowest BCUT2D eigenvalue weighted by molar-refractivity contribution is -0.0896. The Hall–Kier alpha value is -0.160. The van der Waals surface area contributed by atoms with Gasteiger partial charge in [0.25, 0.3) is 0 Å². The number of morpholine rings is 1. The Balaban J connectivity index is 1.65. The van der Waals surface area contributed by atoms with E-state index in [-0.39, 0.29) is 0 Å². The smallest absolute Gasteiger partial charge is 0.0730 e. The van der Waals surface area contributed by atoms with Crippen molar-refractivity contribution in [3.8, 4) is 0 Å². The lowest BCUT2D eigenvalue weighted by atomic mass is 9.81. The van der Waals surface area contributed by atoms with E-state index >= 15 is 0 Å². The minimum atomic E-state index is 0.299. The Morgan fingerprint density at radius 1 is 1.24 bits per heavy atom. The second kappa shape index (κ2) is 6.95. The van der Waals surface area contributed by atoms with E-state index in [2.05, 4.69) is 24.1 Å². The average molecular weight is 296 g/mol. The maximum Gasteiger partial charge on any atom is 0.0730 e. The number of hydrogen-bond donors (Lipinski definition) is 1. The summed E-state index contributed by atoms with van der Waals surface area (Å²) in [5, 5.41) is 3.67. The van der Waals surface area contributed by atoms with Crippen molar-refractivity contribution >= 4 is 0 Å². The number of rotatable bonds is 5. The highest BCUT2D eigenvalue weighted by atomic mass is 16.5. The van der Waals surface area contributed by atoms with Gasteiger partial charge in [-0.1, -0.05) is 13.8 Å². The highest BCUT2D eigenvalue weighted by Crippen LogP contribution is 2.35. The van der Waals surface area contributed by atoms with Crippen LogP contribution in [0, 0.1) is 5.41 Å². The van der Waals surface area contributed by atoms with Gasteiger partial charge in [0.1, 0.15) is 0 Å².